The molecule has 0 atom stereocenters. The molecule has 18 heavy (non-hydrogen) atoms. The summed E-state index contributed by atoms with van der Waals surface area (Å²) in [5.74, 6) is -0.545. The van der Waals surface area contributed by atoms with E-state index in [0.29, 0.717) is 10.2 Å². The number of carbonyl (C=O) groups excluding carboxylic acids is 1. The van der Waals surface area contributed by atoms with E-state index >= 15 is 0 Å². The van der Waals surface area contributed by atoms with Crippen molar-refractivity contribution in [1.82, 2.24) is 5.32 Å². The first-order valence-electron chi connectivity index (χ1n) is 4.99. The molecule has 1 aromatic carbocycles. The maximum absolute atomic E-state index is 12.6. The van der Waals surface area contributed by atoms with E-state index in [1.807, 2.05) is 0 Å². The standard InChI is InChI=1S/C11H11F3INO2/c1-18-3-2-16-10(17)7-4-8(11(12,13)14)6-9(15)5-7/h4-6H,2-3H2,1H3,(H,16,17). The highest BCUT2D eigenvalue weighted by Gasteiger charge is 2.31. The molecule has 3 nitrogen and oxygen atoms in total. The minimum absolute atomic E-state index is 0.00896. The molecule has 1 aromatic rings. The van der Waals surface area contributed by atoms with Gasteiger partial charge >= 0.3 is 6.18 Å². The van der Waals surface area contributed by atoms with Crippen LogP contribution in [0.15, 0.2) is 18.2 Å². The predicted octanol–water partition coefficient (Wildman–Crippen LogP) is 2.69. The lowest BCUT2D eigenvalue weighted by Crippen LogP contribution is -2.27. The molecule has 0 aliphatic carbocycles. The molecule has 1 N–H and O–H groups in total. The second kappa shape index (κ2) is 6.37. The average molecular weight is 373 g/mol. The van der Waals surface area contributed by atoms with Gasteiger partial charge in [0.15, 0.2) is 0 Å². The third-order valence-electron chi connectivity index (χ3n) is 2.08. The number of ether oxygens (including phenoxy) is 1. The molecule has 0 spiro atoms. The maximum atomic E-state index is 12.6. The number of hydrogen-bond acceptors (Lipinski definition) is 2. The summed E-state index contributed by atoms with van der Waals surface area (Å²) < 4.78 is 42.8. The van der Waals surface area contributed by atoms with Crippen molar-refractivity contribution in [3.8, 4) is 0 Å². The van der Waals surface area contributed by atoms with Gasteiger partial charge in [-0.05, 0) is 40.8 Å². The highest BCUT2D eigenvalue weighted by molar-refractivity contribution is 14.1. The van der Waals surface area contributed by atoms with Crippen LogP contribution in [0.2, 0.25) is 0 Å². The van der Waals surface area contributed by atoms with Crippen molar-refractivity contribution in [2.75, 3.05) is 20.3 Å². The van der Waals surface area contributed by atoms with Crippen molar-refractivity contribution < 1.29 is 22.7 Å². The van der Waals surface area contributed by atoms with Crippen LogP contribution in [0.4, 0.5) is 13.2 Å². The third kappa shape index (κ3) is 4.45. The van der Waals surface area contributed by atoms with Crippen LogP contribution in [0, 0.1) is 3.57 Å². The SMILES string of the molecule is COCCNC(=O)c1cc(I)cc(C(F)(F)F)c1. The lowest BCUT2D eigenvalue weighted by molar-refractivity contribution is -0.137. The highest BCUT2D eigenvalue weighted by Crippen LogP contribution is 2.31. The quantitative estimate of drug-likeness (QED) is 0.651. The first kappa shape index (κ1) is 15.2. The molecule has 0 aliphatic heterocycles. The predicted molar refractivity (Wildman–Crippen MR) is 68.4 cm³/mol. The highest BCUT2D eigenvalue weighted by atomic mass is 127. The van der Waals surface area contributed by atoms with E-state index in [-0.39, 0.29) is 12.1 Å². The van der Waals surface area contributed by atoms with E-state index in [2.05, 4.69) is 5.32 Å². The van der Waals surface area contributed by atoms with Crippen LogP contribution in [0.5, 0.6) is 0 Å². The van der Waals surface area contributed by atoms with E-state index in [0.717, 1.165) is 12.1 Å². The fourth-order valence-electron chi connectivity index (χ4n) is 1.25. The maximum Gasteiger partial charge on any atom is 0.416 e. The molecule has 7 heteroatoms. The molecule has 0 aliphatic rings. The van der Waals surface area contributed by atoms with Gasteiger partial charge in [0.2, 0.25) is 0 Å². The zero-order chi connectivity index (χ0) is 13.8. The Morgan fingerprint density at radius 2 is 2.06 bits per heavy atom. The van der Waals surface area contributed by atoms with Crippen molar-refractivity contribution in [1.29, 1.82) is 0 Å². The van der Waals surface area contributed by atoms with Crippen LogP contribution in [-0.2, 0) is 10.9 Å². The molecule has 0 heterocycles. The number of nitrogens with one attached hydrogen (secondary N) is 1. The number of hydrogen-bond donors (Lipinski definition) is 1. The van der Waals surface area contributed by atoms with Gasteiger partial charge in [-0.3, -0.25) is 4.79 Å². The van der Waals surface area contributed by atoms with Crippen molar-refractivity contribution in [2.45, 2.75) is 6.18 Å². The van der Waals surface area contributed by atoms with Gasteiger partial charge in [0.05, 0.1) is 12.2 Å². The van der Waals surface area contributed by atoms with E-state index in [1.54, 1.807) is 22.6 Å². The smallest absolute Gasteiger partial charge is 0.383 e. The van der Waals surface area contributed by atoms with Crippen molar-refractivity contribution >= 4 is 28.5 Å². The number of amides is 1. The lowest BCUT2D eigenvalue weighted by Gasteiger charge is -2.10. The third-order valence-corrected chi connectivity index (χ3v) is 2.70. The number of rotatable bonds is 4. The van der Waals surface area contributed by atoms with Crippen molar-refractivity contribution in [2.24, 2.45) is 0 Å². The van der Waals surface area contributed by atoms with Gasteiger partial charge in [-0.1, -0.05) is 0 Å². The molecule has 0 bridgehead atoms. The van der Waals surface area contributed by atoms with E-state index in [1.165, 1.54) is 13.2 Å². The molecule has 0 fully saturated rings. The van der Waals surface area contributed by atoms with Crippen LogP contribution >= 0.6 is 22.6 Å². The molecular formula is C11H11F3INO2. The molecule has 100 valence electrons. The van der Waals surface area contributed by atoms with Crippen LogP contribution in [-0.4, -0.2) is 26.2 Å². The summed E-state index contributed by atoms with van der Waals surface area (Å²) in [6.07, 6.45) is -4.46. The number of benzene rings is 1. The molecular weight excluding hydrogens is 362 g/mol. The van der Waals surface area contributed by atoms with Gasteiger partial charge in [0, 0.05) is 22.8 Å². The Labute approximate surface area is 116 Å². The Morgan fingerprint density at radius 3 is 2.61 bits per heavy atom. The molecule has 1 rings (SSSR count). The zero-order valence-corrected chi connectivity index (χ0v) is 11.6. The topological polar surface area (TPSA) is 38.3 Å². The Bertz CT molecular complexity index is 435. The molecule has 0 radical (unpaired) electrons. The number of carbonyl (C=O) groups is 1. The summed E-state index contributed by atoms with van der Waals surface area (Å²) in [4.78, 5) is 11.6. The summed E-state index contributed by atoms with van der Waals surface area (Å²) in [6, 6.07) is 3.23. The fraction of sp³-hybridized carbons (Fsp3) is 0.364. The van der Waals surface area contributed by atoms with Gasteiger partial charge in [-0.25, -0.2) is 0 Å². The van der Waals surface area contributed by atoms with Crippen LogP contribution in [0.3, 0.4) is 0 Å². The normalized spacial score (nSPS) is 11.4. The number of methoxy groups -OCH3 is 1. The second-order valence-corrected chi connectivity index (χ2v) is 4.72. The van der Waals surface area contributed by atoms with Crippen LogP contribution in [0.25, 0.3) is 0 Å². The zero-order valence-electron chi connectivity index (χ0n) is 9.47. The first-order valence-corrected chi connectivity index (χ1v) is 6.07. The van der Waals surface area contributed by atoms with Crippen molar-refractivity contribution in [3.05, 3.63) is 32.9 Å². The summed E-state index contributed by atoms with van der Waals surface area (Å²) >= 11 is 1.74. The Morgan fingerprint density at radius 1 is 1.39 bits per heavy atom. The summed E-state index contributed by atoms with van der Waals surface area (Å²) in [5, 5.41) is 2.47. The van der Waals surface area contributed by atoms with E-state index in [4.69, 9.17) is 4.74 Å². The average Bonchev–Trinajstić information content (AvgIpc) is 2.27. The van der Waals surface area contributed by atoms with Gasteiger partial charge in [-0.2, -0.15) is 13.2 Å². The van der Waals surface area contributed by atoms with Crippen LogP contribution < -0.4 is 5.32 Å². The minimum atomic E-state index is -4.46. The Balaban J connectivity index is 2.89. The minimum Gasteiger partial charge on any atom is -0.383 e. The monoisotopic (exact) mass is 373 g/mol. The van der Waals surface area contributed by atoms with Gasteiger partial charge in [-0.15, -0.1) is 0 Å². The Kier molecular flexibility index (Phi) is 5.39. The molecule has 0 saturated heterocycles. The van der Waals surface area contributed by atoms with Gasteiger partial charge in [0.1, 0.15) is 0 Å². The lowest BCUT2D eigenvalue weighted by atomic mass is 10.1. The molecule has 1 amide bonds. The van der Waals surface area contributed by atoms with E-state index in [9.17, 15) is 18.0 Å². The molecule has 0 aromatic heterocycles. The van der Waals surface area contributed by atoms with Gasteiger partial charge < -0.3 is 10.1 Å². The largest absolute Gasteiger partial charge is 0.416 e. The number of halogens is 4. The van der Waals surface area contributed by atoms with Crippen molar-refractivity contribution in [3.63, 3.8) is 0 Å². The summed E-state index contributed by atoms with van der Waals surface area (Å²) in [6.45, 7) is 0.559. The molecule has 0 saturated carbocycles. The Hall–Kier alpha value is -0.830. The van der Waals surface area contributed by atoms with Gasteiger partial charge in [0.25, 0.3) is 5.91 Å². The second-order valence-electron chi connectivity index (χ2n) is 3.48. The van der Waals surface area contributed by atoms with E-state index < -0.39 is 17.6 Å². The van der Waals surface area contributed by atoms with Crippen LogP contribution in [0.1, 0.15) is 15.9 Å². The molecule has 0 unspecified atom stereocenters. The summed E-state index contributed by atoms with van der Waals surface area (Å²) in [5.41, 5.74) is -0.836. The summed E-state index contributed by atoms with van der Waals surface area (Å²) in [7, 11) is 1.47. The fourth-order valence-corrected chi connectivity index (χ4v) is 1.92. The first-order chi connectivity index (χ1) is 8.34. The number of alkyl halides is 3.